The fraction of sp³-hybridized carbons (Fsp3) is 0.273. The highest BCUT2D eigenvalue weighted by Crippen LogP contribution is 2.14. The molecule has 0 saturated heterocycles. The molecule has 4 nitrogen and oxygen atoms in total. The standard InChI is InChI=1S/C11H11ClN2O2/c1-14(11(12)15)5-4-8-2-3-9-10(6-8)16-7-13-9/h2-3,6-7H,4-5H2,1H3. The van der Waals surface area contributed by atoms with Crippen LogP contribution in [0.25, 0.3) is 11.1 Å². The van der Waals surface area contributed by atoms with Crippen molar-refractivity contribution >= 4 is 28.1 Å². The molecule has 16 heavy (non-hydrogen) atoms. The Morgan fingerprint density at radius 3 is 3.12 bits per heavy atom. The predicted molar refractivity (Wildman–Crippen MR) is 61.6 cm³/mol. The molecule has 1 amide bonds. The number of halogens is 1. The number of nitrogens with zero attached hydrogens (tertiary/aromatic N) is 2. The third-order valence-electron chi connectivity index (χ3n) is 2.43. The average Bonchev–Trinajstić information content (AvgIpc) is 2.72. The largest absolute Gasteiger partial charge is 0.443 e. The molecule has 1 aromatic heterocycles. The first-order valence-corrected chi connectivity index (χ1v) is 5.27. The molecule has 0 aliphatic heterocycles. The Morgan fingerprint density at radius 2 is 2.38 bits per heavy atom. The molecule has 0 spiro atoms. The summed E-state index contributed by atoms with van der Waals surface area (Å²) in [4.78, 5) is 16.3. The van der Waals surface area contributed by atoms with E-state index in [2.05, 4.69) is 4.98 Å². The van der Waals surface area contributed by atoms with Crippen molar-refractivity contribution in [1.29, 1.82) is 0 Å². The highest BCUT2D eigenvalue weighted by molar-refractivity contribution is 6.62. The number of fused-ring (bicyclic) bond motifs is 1. The molecule has 0 radical (unpaired) electrons. The number of carbonyl (C=O) groups is 1. The highest BCUT2D eigenvalue weighted by atomic mass is 35.5. The summed E-state index contributed by atoms with van der Waals surface area (Å²) in [7, 11) is 1.67. The molecule has 0 unspecified atom stereocenters. The van der Waals surface area contributed by atoms with Gasteiger partial charge in [-0.25, -0.2) is 4.98 Å². The summed E-state index contributed by atoms with van der Waals surface area (Å²) in [5, 5.41) is -0.444. The number of likely N-dealkylation sites (N-methyl/N-ethyl adjacent to an activating group) is 1. The fourth-order valence-electron chi connectivity index (χ4n) is 1.44. The van der Waals surface area contributed by atoms with Gasteiger partial charge in [-0.2, -0.15) is 0 Å². The molecule has 2 aromatic rings. The number of hydrogen-bond donors (Lipinski definition) is 0. The second-order valence-corrected chi connectivity index (χ2v) is 3.90. The van der Waals surface area contributed by atoms with Crippen LogP contribution in [0.4, 0.5) is 4.79 Å². The summed E-state index contributed by atoms with van der Waals surface area (Å²) in [6.07, 6.45) is 2.16. The summed E-state index contributed by atoms with van der Waals surface area (Å²) in [6.45, 7) is 0.585. The zero-order valence-corrected chi connectivity index (χ0v) is 9.57. The lowest BCUT2D eigenvalue weighted by atomic mass is 10.1. The minimum Gasteiger partial charge on any atom is -0.443 e. The maximum absolute atomic E-state index is 10.8. The first kappa shape index (κ1) is 11.0. The van der Waals surface area contributed by atoms with E-state index in [9.17, 15) is 4.79 Å². The summed E-state index contributed by atoms with van der Waals surface area (Å²) < 4.78 is 5.20. The lowest BCUT2D eigenvalue weighted by Crippen LogP contribution is -2.23. The van der Waals surface area contributed by atoms with E-state index in [1.54, 1.807) is 7.05 Å². The van der Waals surface area contributed by atoms with Gasteiger partial charge in [-0.15, -0.1) is 0 Å². The Morgan fingerprint density at radius 1 is 1.56 bits per heavy atom. The van der Waals surface area contributed by atoms with Crippen LogP contribution in [0.5, 0.6) is 0 Å². The lowest BCUT2D eigenvalue weighted by Gasteiger charge is -2.12. The van der Waals surface area contributed by atoms with Gasteiger partial charge in [0, 0.05) is 13.6 Å². The molecule has 0 N–H and O–H groups in total. The quantitative estimate of drug-likeness (QED) is 0.610. The highest BCUT2D eigenvalue weighted by Gasteiger charge is 2.05. The van der Waals surface area contributed by atoms with Crippen LogP contribution in [-0.2, 0) is 6.42 Å². The van der Waals surface area contributed by atoms with E-state index in [4.69, 9.17) is 16.0 Å². The second kappa shape index (κ2) is 4.53. The van der Waals surface area contributed by atoms with E-state index in [0.717, 1.165) is 23.1 Å². The minimum atomic E-state index is -0.444. The Balaban J connectivity index is 2.06. The van der Waals surface area contributed by atoms with Gasteiger partial charge >= 0.3 is 5.37 Å². The number of benzene rings is 1. The van der Waals surface area contributed by atoms with Crippen molar-refractivity contribution in [2.24, 2.45) is 0 Å². The van der Waals surface area contributed by atoms with Crippen molar-refractivity contribution in [3.8, 4) is 0 Å². The molecule has 5 heteroatoms. The molecule has 0 bridgehead atoms. The van der Waals surface area contributed by atoms with Gasteiger partial charge in [0.05, 0.1) is 0 Å². The van der Waals surface area contributed by atoms with Crippen molar-refractivity contribution in [2.45, 2.75) is 6.42 Å². The van der Waals surface area contributed by atoms with Crippen LogP contribution in [0, 0.1) is 0 Å². The molecule has 0 fully saturated rings. The molecular weight excluding hydrogens is 228 g/mol. The average molecular weight is 239 g/mol. The second-order valence-electron chi connectivity index (χ2n) is 3.58. The molecule has 0 saturated carbocycles. The van der Waals surface area contributed by atoms with E-state index in [-0.39, 0.29) is 0 Å². The molecule has 1 heterocycles. The van der Waals surface area contributed by atoms with Gasteiger partial charge in [0.15, 0.2) is 12.0 Å². The first-order chi connectivity index (χ1) is 7.66. The molecule has 0 aliphatic rings. The van der Waals surface area contributed by atoms with Crippen molar-refractivity contribution < 1.29 is 9.21 Å². The van der Waals surface area contributed by atoms with Crippen molar-refractivity contribution in [3.63, 3.8) is 0 Å². The van der Waals surface area contributed by atoms with Crippen molar-refractivity contribution in [1.82, 2.24) is 9.88 Å². The van der Waals surface area contributed by atoms with E-state index in [0.29, 0.717) is 6.54 Å². The van der Waals surface area contributed by atoms with Crippen LogP contribution < -0.4 is 0 Å². The van der Waals surface area contributed by atoms with E-state index in [1.165, 1.54) is 11.3 Å². The van der Waals surface area contributed by atoms with Crippen molar-refractivity contribution in [2.75, 3.05) is 13.6 Å². The van der Waals surface area contributed by atoms with Crippen LogP contribution in [0.3, 0.4) is 0 Å². The summed E-state index contributed by atoms with van der Waals surface area (Å²) in [6, 6.07) is 5.79. The number of oxazole rings is 1. The summed E-state index contributed by atoms with van der Waals surface area (Å²) in [5.74, 6) is 0. The monoisotopic (exact) mass is 238 g/mol. The van der Waals surface area contributed by atoms with Crippen LogP contribution in [-0.4, -0.2) is 28.8 Å². The molecule has 0 aliphatic carbocycles. The van der Waals surface area contributed by atoms with Gasteiger partial charge in [0.2, 0.25) is 0 Å². The third-order valence-corrected chi connectivity index (χ3v) is 2.72. The summed E-state index contributed by atoms with van der Waals surface area (Å²) >= 11 is 5.33. The zero-order valence-electron chi connectivity index (χ0n) is 8.81. The maximum atomic E-state index is 10.8. The number of rotatable bonds is 3. The van der Waals surface area contributed by atoms with Gasteiger partial charge in [-0.1, -0.05) is 6.07 Å². The van der Waals surface area contributed by atoms with Gasteiger partial charge < -0.3 is 9.32 Å². The molecular formula is C11H11ClN2O2. The molecule has 0 atom stereocenters. The van der Waals surface area contributed by atoms with Crippen LogP contribution >= 0.6 is 11.6 Å². The van der Waals surface area contributed by atoms with E-state index in [1.807, 2.05) is 18.2 Å². The third kappa shape index (κ3) is 2.33. The topological polar surface area (TPSA) is 46.3 Å². The Labute approximate surface area is 97.8 Å². The number of aromatic nitrogens is 1. The molecule has 1 aromatic carbocycles. The van der Waals surface area contributed by atoms with Crippen molar-refractivity contribution in [3.05, 3.63) is 30.2 Å². The first-order valence-electron chi connectivity index (χ1n) is 4.89. The Kier molecular flexibility index (Phi) is 3.10. The van der Waals surface area contributed by atoms with Crippen LogP contribution in [0.15, 0.2) is 29.0 Å². The van der Waals surface area contributed by atoms with Gasteiger partial charge in [-0.05, 0) is 35.7 Å². The lowest BCUT2D eigenvalue weighted by molar-refractivity contribution is 0.232. The zero-order chi connectivity index (χ0) is 11.5. The Hall–Kier alpha value is -1.55. The van der Waals surface area contributed by atoms with Gasteiger partial charge in [-0.3, -0.25) is 4.79 Å². The minimum absolute atomic E-state index is 0.444. The summed E-state index contributed by atoms with van der Waals surface area (Å²) in [5.41, 5.74) is 2.69. The van der Waals surface area contributed by atoms with Crippen LogP contribution in [0.1, 0.15) is 5.56 Å². The fourth-order valence-corrected chi connectivity index (χ4v) is 1.52. The van der Waals surface area contributed by atoms with E-state index < -0.39 is 5.37 Å². The SMILES string of the molecule is CN(CCc1ccc2ncoc2c1)C(=O)Cl. The number of carbonyl (C=O) groups excluding carboxylic acids is 1. The Bertz CT molecular complexity index is 509. The maximum Gasteiger partial charge on any atom is 0.316 e. The van der Waals surface area contributed by atoms with E-state index >= 15 is 0 Å². The predicted octanol–water partition coefficient (Wildman–Crippen LogP) is 2.66. The normalized spacial score (nSPS) is 10.6. The van der Waals surface area contributed by atoms with Gasteiger partial charge in [0.1, 0.15) is 5.52 Å². The van der Waals surface area contributed by atoms with Gasteiger partial charge in [0.25, 0.3) is 0 Å². The smallest absolute Gasteiger partial charge is 0.316 e. The number of hydrogen-bond acceptors (Lipinski definition) is 3. The molecule has 2 rings (SSSR count). The number of amides is 1. The van der Waals surface area contributed by atoms with Crippen LogP contribution in [0.2, 0.25) is 0 Å². The molecule has 84 valence electrons.